The number of alkyl halides is 5. The molecule has 2 aromatic carbocycles. The first kappa shape index (κ1) is 33.8. The second-order valence-electron chi connectivity index (χ2n) is 10.4. The first-order valence-corrected chi connectivity index (χ1v) is 14.0. The number of nitrogens with zero attached hydrogens (tertiary/aromatic N) is 3. The lowest BCUT2D eigenvalue weighted by molar-refractivity contribution is -0.137. The zero-order valence-electron chi connectivity index (χ0n) is 24.9. The van der Waals surface area contributed by atoms with E-state index in [-0.39, 0.29) is 35.5 Å². The molecule has 254 valence electrons. The number of methoxy groups -OCH3 is 1. The number of halogens is 7. The molecule has 0 unspecified atom stereocenters. The van der Waals surface area contributed by atoms with E-state index >= 15 is 8.78 Å². The maximum absolute atomic E-state index is 15.4. The number of pyridine rings is 1. The van der Waals surface area contributed by atoms with Gasteiger partial charge in [0.15, 0.2) is 5.82 Å². The Balaban J connectivity index is 1.65. The molecule has 0 spiro atoms. The van der Waals surface area contributed by atoms with Crippen molar-refractivity contribution in [1.29, 1.82) is 0 Å². The van der Waals surface area contributed by atoms with Crippen LogP contribution in [0.3, 0.4) is 0 Å². The van der Waals surface area contributed by atoms with Gasteiger partial charge in [0, 0.05) is 30.8 Å². The van der Waals surface area contributed by atoms with Gasteiger partial charge < -0.3 is 25.4 Å². The van der Waals surface area contributed by atoms with E-state index in [1.54, 1.807) is 0 Å². The number of nitrogens with one attached hydrogen (secondary N) is 3. The summed E-state index contributed by atoms with van der Waals surface area (Å²) in [6.07, 6.45) is -3.52. The molecule has 3 N–H and O–H groups in total. The fraction of sp³-hybridized carbons (Fsp3) is 0.267. The maximum atomic E-state index is 15.4. The highest BCUT2D eigenvalue weighted by atomic mass is 19.4. The highest BCUT2D eigenvalue weighted by Crippen LogP contribution is 2.37. The summed E-state index contributed by atoms with van der Waals surface area (Å²) in [6, 6.07) is 7.15. The zero-order valence-corrected chi connectivity index (χ0v) is 24.9. The van der Waals surface area contributed by atoms with Crippen LogP contribution in [-0.2, 0) is 18.0 Å². The Morgan fingerprint density at radius 2 is 1.67 bits per heavy atom. The molecule has 48 heavy (non-hydrogen) atoms. The number of carbonyl (C=O) groups is 2. The lowest BCUT2D eigenvalue weighted by atomic mass is 10.1. The molecule has 1 fully saturated rings. The zero-order chi connectivity index (χ0) is 34.9. The molecule has 11 nitrogen and oxygen atoms in total. The van der Waals surface area contributed by atoms with Gasteiger partial charge in [0.05, 0.1) is 19.2 Å². The lowest BCUT2D eigenvalue weighted by Crippen LogP contribution is -2.32. The maximum Gasteiger partial charge on any atom is 0.420 e. The summed E-state index contributed by atoms with van der Waals surface area (Å²) in [5.41, 5.74) is -5.51. The van der Waals surface area contributed by atoms with Crippen LogP contribution in [0, 0.1) is 11.6 Å². The van der Waals surface area contributed by atoms with Crippen LogP contribution >= 0.6 is 0 Å². The number of ether oxygens (including phenoxy) is 2. The third kappa shape index (κ3) is 7.21. The summed E-state index contributed by atoms with van der Waals surface area (Å²) in [7, 11) is 2.14. The molecular weight excluding hydrogens is 657 g/mol. The van der Waals surface area contributed by atoms with E-state index in [0.717, 1.165) is 69.5 Å². The van der Waals surface area contributed by atoms with Crippen LogP contribution in [0.25, 0.3) is 17.1 Å². The number of benzene rings is 2. The summed E-state index contributed by atoms with van der Waals surface area (Å²) < 4.78 is 109. The summed E-state index contributed by atoms with van der Waals surface area (Å²) in [4.78, 5) is 43.2. The van der Waals surface area contributed by atoms with Crippen LogP contribution in [0.1, 0.15) is 28.8 Å². The normalized spacial score (nSPS) is 13.0. The number of hydrogen-bond acceptors (Lipinski definition) is 7. The summed E-state index contributed by atoms with van der Waals surface area (Å²) >= 11 is 0. The van der Waals surface area contributed by atoms with Crippen LogP contribution in [0.2, 0.25) is 0 Å². The number of anilines is 2. The number of amides is 2. The Morgan fingerprint density at radius 1 is 1.02 bits per heavy atom. The van der Waals surface area contributed by atoms with Gasteiger partial charge in [-0.05, 0) is 49.2 Å². The molecule has 0 saturated heterocycles. The molecule has 1 aliphatic carbocycles. The van der Waals surface area contributed by atoms with E-state index in [4.69, 9.17) is 4.74 Å². The van der Waals surface area contributed by atoms with Crippen LogP contribution in [0.5, 0.6) is 11.5 Å². The molecule has 2 aromatic heterocycles. The fourth-order valence-corrected chi connectivity index (χ4v) is 4.72. The molecule has 2 heterocycles. The summed E-state index contributed by atoms with van der Waals surface area (Å²) in [5, 5.41) is 7.45. The van der Waals surface area contributed by atoms with Crippen molar-refractivity contribution >= 4 is 23.3 Å². The van der Waals surface area contributed by atoms with E-state index in [1.807, 2.05) is 0 Å². The third-order valence-corrected chi connectivity index (χ3v) is 7.09. The van der Waals surface area contributed by atoms with Gasteiger partial charge in [-0.15, -0.1) is 0 Å². The Hall–Kier alpha value is -5.55. The molecule has 5 rings (SSSR count). The Morgan fingerprint density at radius 3 is 2.23 bits per heavy atom. The van der Waals surface area contributed by atoms with Gasteiger partial charge in [-0.25, -0.2) is 13.8 Å². The van der Waals surface area contributed by atoms with Crippen LogP contribution in [0.4, 0.5) is 42.2 Å². The lowest BCUT2D eigenvalue weighted by Gasteiger charge is -2.17. The minimum atomic E-state index is -5.10. The van der Waals surface area contributed by atoms with Crippen molar-refractivity contribution in [3.8, 4) is 28.6 Å². The molecule has 4 aromatic rings. The molecule has 18 heteroatoms. The number of aromatic nitrogens is 3. The van der Waals surface area contributed by atoms with Gasteiger partial charge in [-0.3, -0.25) is 19.1 Å². The Bertz CT molecular complexity index is 1900. The van der Waals surface area contributed by atoms with E-state index in [0.29, 0.717) is 15.4 Å². The van der Waals surface area contributed by atoms with Gasteiger partial charge >= 0.3 is 12.8 Å². The molecule has 0 atom stereocenters. The van der Waals surface area contributed by atoms with E-state index < -0.39 is 70.1 Å². The Kier molecular flexibility index (Phi) is 9.36. The molecule has 1 aliphatic rings. The number of rotatable bonds is 11. The van der Waals surface area contributed by atoms with E-state index in [9.17, 15) is 36.3 Å². The van der Waals surface area contributed by atoms with Crippen molar-refractivity contribution in [2.24, 2.45) is 7.05 Å². The standard InChI is InChI=1S/C30H25F7N6O5/c1-42-25(23-19(31)11-17(47-2)12-20(23)32)24(41-27(45)14-3-7-16(8-4-14)48-29(33)34)28(46)43(42)26-18(30(35,36)37)9-10-21(40-26)38-13-22(44)39-15-5-6-15/h3-4,7-12,15,29H,5-6,13H2,1-2H3,(H,38,40)(H,39,44)(H,41,45). The quantitative estimate of drug-likeness (QED) is 0.188. The average molecular weight is 683 g/mol. The predicted molar refractivity (Wildman–Crippen MR) is 156 cm³/mol. The molecule has 0 aliphatic heterocycles. The molecular formula is C30H25F7N6O5. The second kappa shape index (κ2) is 13.3. The van der Waals surface area contributed by atoms with Crippen LogP contribution in [-0.4, -0.2) is 52.5 Å². The van der Waals surface area contributed by atoms with Crippen molar-refractivity contribution in [2.75, 3.05) is 24.3 Å². The van der Waals surface area contributed by atoms with Gasteiger partial charge in [0.25, 0.3) is 11.5 Å². The van der Waals surface area contributed by atoms with E-state index in [1.165, 1.54) is 0 Å². The summed E-state index contributed by atoms with van der Waals surface area (Å²) in [5.74, 6) is -6.02. The summed E-state index contributed by atoms with van der Waals surface area (Å²) in [6.45, 7) is -3.53. The van der Waals surface area contributed by atoms with Gasteiger partial charge in [0.1, 0.15) is 45.9 Å². The van der Waals surface area contributed by atoms with Gasteiger partial charge in [0.2, 0.25) is 5.91 Å². The first-order valence-electron chi connectivity index (χ1n) is 14.0. The highest BCUT2D eigenvalue weighted by molar-refractivity contribution is 6.06. The van der Waals surface area contributed by atoms with Crippen molar-refractivity contribution in [3.63, 3.8) is 0 Å². The number of carbonyl (C=O) groups excluding carboxylic acids is 2. The van der Waals surface area contributed by atoms with Crippen molar-refractivity contribution in [1.82, 2.24) is 19.7 Å². The van der Waals surface area contributed by atoms with E-state index in [2.05, 4.69) is 25.7 Å². The minimum Gasteiger partial charge on any atom is -0.497 e. The minimum absolute atomic E-state index is 0.00655. The molecule has 2 amide bonds. The van der Waals surface area contributed by atoms with Crippen molar-refractivity contribution in [3.05, 3.63) is 81.6 Å². The van der Waals surface area contributed by atoms with Gasteiger partial charge in [-0.1, -0.05) is 0 Å². The highest BCUT2D eigenvalue weighted by Gasteiger charge is 2.38. The van der Waals surface area contributed by atoms with Crippen LogP contribution < -0.4 is 31.0 Å². The van der Waals surface area contributed by atoms with Gasteiger partial charge in [-0.2, -0.15) is 26.6 Å². The van der Waals surface area contributed by atoms with Crippen LogP contribution in [0.15, 0.2) is 53.3 Å². The SMILES string of the molecule is COc1cc(F)c(-c2c(NC(=O)c3ccc(OC(F)F)cc3)c(=O)n(-c3nc(NCC(=O)NC4CC4)ccc3C(F)(F)F)n2C)c(F)c1. The molecule has 1 saturated carbocycles. The van der Waals surface area contributed by atoms with Crippen molar-refractivity contribution in [2.45, 2.75) is 31.7 Å². The number of hydrogen-bond donors (Lipinski definition) is 3. The average Bonchev–Trinajstić information content (AvgIpc) is 3.80. The second-order valence-corrected chi connectivity index (χ2v) is 10.4. The predicted octanol–water partition coefficient (Wildman–Crippen LogP) is 5.09. The Labute approximate surface area is 266 Å². The molecule has 0 radical (unpaired) electrons. The monoisotopic (exact) mass is 682 g/mol. The van der Waals surface area contributed by atoms with Crippen molar-refractivity contribution < 1.29 is 49.8 Å². The smallest absolute Gasteiger partial charge is 0.420 e. The first-order chi connectivity index (χ1) is 22.7. The third-order valence-electron chi connectivity index (χ3n) is 7.09. The fourth-order valence-electron chi connectivity index (χ4n) is 4.72. The largest absolute Gasteiger partial charge is 0.497 e. The topological polar surface area (TPSA) is 129 Å². The molecule has 0 bridgehead atoms.